The van der Waals surface area contributed by atoms with E-state index in [1.165, 1.54) is 11.3 Å². The molecule has 0 spiro atoms. The van der Waals surface area contributed by atoms with Gasteiger partial charge in [-0.1, -0.05) is 6.07 Å². The molecule has 0 atom stereocenters. The summed E-state index contributed by atoms with van der Waals surface area (Å²) in [5, 5.41) is 12.3. The lowest BCUT2D eigenvalue weighted by Gasteiger charge is -2.19. The highest BCUT2D eigenvalue weighted by Gasteiger charge is 2.17. The predicted molar refractivity (Wildman–Crippen MR) is 70.7 cm³/mol. The zero-order chi connectivity index (χ0) is 13.9. The van der Waals surface area contributed by atoms with Crippen LogP contribution in [0.15, 0.2) is 21.9 Å². The van der Waals surface area contributed by atoms with Gasteiger partial charge in [0.15, 0.2) is 0 Å². The van der Waals surface area contributed by atoms with E-state index >= 15 is 0 Å². The summed E-state index contributed by atoms with van der Waals surface area (Å²) in [6.45, 7) is 5.55. The number of aromatic nitrogens is 2. The number of thiophene rings is 1. The molecule has 0 saturated carbocycles. The Morgan fingerprint density at radius 3 is 2.89 bits per heavy atom. The van der Waals surface area contributed by atoms with Gasteiger partial charge in [-0.25, -0.2) is 4.79 Å². The quantitative estimate of drug-likeness (QED) is 0.936. The van der Waals surface area contributed by atoms with Crippen LogP contribution in [0.2, 0.25) is 0 Å². The van der Waals surface area contributed by atoms with E-state index in [2.05, 4.69) is 15.5 Å². The summed E-state index contributed by atoms with van der Waals surface area (Å²) in [4.78, 5) is 12.3. The van der Waals surface area contributed by atoms with Crippen molar-refractivity contribution in [2.24, 2.45) is 0 Å². The second-order valence-electron chi connectivity index (χ2n) is 4.83. The topological polar surface area (TPSA) is 77.2 Å². The molecule has 19 heavy (non-hydrogen) atoms. The fraction of sp³-hybridized carbons (Fsp3) is 0.417. The SMILES string of the molecule is CC(C)(C)OC(=O)NCc1nnc(-c2cccs2)o1. The summed E-state index contributed by atoms with van der Waals surface area (Å²) in [5.74, 6) is 0.797. The van der Waals surface area contributed by atoms with Gasteiger partial charge in [0, 0.05) is 0 Å². The molecule has 0 bridgehead atoms. The molecule has 2 heterocycles. The molecule has 0 radical (unpaired) electrons. The van der Waals surface area contributed by atoms with Gasteiger partial charge in [0.1, 0.15) is 5.60 Å². The molecule has 1 N–H and O–H groups in total. The van der Waals surface area contributed by atoms with Crippen molar-refractivity contribution in [2.45, 2.75) is 32.9 Å². The molecule has 0 unspecified atom stereocenters. The third-order valence-electron chi connectivity index (χ3n) is 1.98. The van der Waals surface area contributed by atoms with Gasteiger partial charge in [0.05, 0.1) is 11.4 Å². The molecule has 2 aromatic rings. The molecule has 0 fully saturated rings. The normalized spacial score (nSPS) is 11.3. The number of carbonyl (C=O) groups is 1. The Hall–Kier alpha value is -1.89. The van der Waals surface area contributed by atoms with Crippen molar-refractivity contribution >= 4 is 17.4 Å². The number of hydrogen-bond donors (Lipinski definition) is 1. The lowest BCUT2D eigenvalue weighted by atomic mass is 10.2. The van der Waals surface area contributed by atoms with Crippen LogP contribution in [0.1, 0.15) is 26.7 Å². The van der Waals surface area contributed by atoms with Crippen molar-refractivity contribution in [3.63, 3.8) is 0 Å². The maximum Gasteiger partial charge on any atom is 0.408 e. The van der Waals surface area contributed by atoms with Crippen molar-refractivity contribution in [1.82, 2.24) is 15.5 Å². The number of nitrogens with one attached hydrogen (secondary N) is 1. The Bertz CT molecular complexity index is 543. The van der Waals surface area contributed by atoms with E-state index in [0.717, 1.165) is 4.88 Å². The molecule has 2 rings (SSSR count). The monoisotopic (exact) mass is 281 g/mol. The first kappa shape index (κ1) is 13.5. The summed E-state index contributed by atoms with van der Waals surface area (Å²) in [6.07, 6.45) is -0.511. The van der Waals surface area contributed by atoms with Crippen LogP contribution < -0.4 is 5.32 Å². The van der Waals surface area contributed by atoms with Crippen LogP contribution >= 0.6 is 11.3 Å². The lowest BCUT2D eigenvalue weighted by molar-refractivity contribution is 0.0519. The zero-order valence-corrected chi connectivity index (χ0v) is 11.8. The molecule has 1 amide bonds. The van der Waals surface area contributed by atoms with Crippen LogP contribution in [0.3, 0.4) is 0 Å². The number of carbonyl (C=O) groups excluding carboxylic acids is 1. The first-order valence-corrected chi connectivity index (χ1v) is 6.65. The largest absolute Gasteiger partial charge is 0.444 e. The van der Waals surface area contributed by atoms with Crippen molar-refractivity contribution in [1.29, 1.82) is 0 Å². The van der Waals surface area contributed by atoms with E-state index in [4.69, 9.17) is 9.15 Å². The fourth-order valence-corrected chi connectivity index (χ4v) is 1.93. The maximum atomic E-state index is 11.4. The third-order valence-corrected chi connectivity index (χ3v) is 2.84. The Kier molecular flexibility index (Phi) is 3.84. The number of hydrogen-bond acceptors (Lipinski definition) is 6. The molecule has 0 aliphatic rings. The molecule has 7 heteroatoms. The molecule has 2 aromatic heterocycles. The van der Waals surface area contributed by atoms with Gasteiger partial charge in [-0.2, -0.15) is 0 Å². The number of ether oxygens (including phenoxy) is 1. The first-order chi connectivity index (χ1) is 8.94. The molecular weight excluding hydrogens is 266 g/mol. The number of nitrogens with zero attached hydrogens (tertiary/aromatic N) is 2. The molecule has 0 aliphatic heterocycles. The maximum absolute atomic E-state index is 11.4. The summed E-state index contributed by atoms with van der Waals surface area (Å²) < 4.78 is 10.5. The standard InChI is InChI=1S/C12H15N3O3S/c1-12(2,3)18-11(16)13-7-9-14-15-10(17-9)8-5-4-6-19-8/h4-6H,7H2,1-3H3,(H,13,16). The van der Waals surface area contributed by atoms with Crippen LogP contribution in [0, 0.1) is 0 Å². The summed E-state index contributed by atoms with van der Waals surface area (Å²) in [6, 6.07) is 3.80. The number of rotatable bonds is 3. The van der Waals surface area contributed by atoms with E-state index in [1.54, 1.807) is 20.8 Å². The van der Waals surface area contributed by atoms with Gasteiger partial charge in [-0.3, -0.25) is 0 Å². The first-order valence-electron chi connectivity index (χ1n) is 5.77. The van der Waals surface area contributed by atoms with Gasteiger partial charge in [0.2, 0.25) is 5.89 Å². The van der Waals surface area contributed by atoms with Gasteiger partial charge < -0.3 is 14.5 Å². The van der Waals surface area contributed by atoms with Gasteiger partial charge in [0.25, 0.3) is 5.89 Å². The lowest BCUT2D eigenvalue weighted by Crippen LogP contribution is -2.32. The van der Waals surface area contributed by atoms with Gasteiger partial charge in [-0.05, 0) is 32.2 Å². The highest BCUT2D eigenvalue weighted by molar-refractivity contribution is 7.13. The Morgan fingerprint density at radius 1 is 1.47 bits per heavy atom. The molecule has 102 valence electrons. The van der Waals surface area contributed by atoms with Crippen LogP contribution in [0.5, 0.6) is 0 Å². The average Bonchev–Trinajstić information content (AvgIpc) is 2.95. The number of alkyl carbamates (subject to hydrolysis) is 1. The third kappa shape index (κ3) is 4.06. The van der Waals surface area contributed by atoms with Crippen molar-refractivity contribution in [3.8, 4) is 10.8 Å². The Labute approximate surface area is 114 Å². The minimum Gasteiger partial charge on any atom is -0.444 e. The summed E-state index contributed by atoms with van der Waals surface area (Å²) in [5.41, 5.74) is -0.527. The smallest absolute Gasteiger partial charge is 0.408 e. The van der Waals surface area contributed by atoms with Crippen molar-refractivity contribution in [2.75, 3.05) is 0 Å². The zero-order valence-electron chi connectivity index (χ0n) is 11.0. The van der Waals surface area contributed by atoms with E-state index in [0.29, 0.717) is 11.8 Å². The van der Waals surface area contributed by atoms with Gasteiger partial charge >= 0.3 is 6.09 Å². The van der Waals surface area contributed by atoms with Crippen LogP contribution in [0.25, 0.3) is 10.8 Å². The molecular formula is C12H15N3O3S. The second-order valence-corrected chi connectivity index (χ2v) is 5.78. The van der Waals surface area contributed by atoms with E-state index in [9.17, 15) is 4.79 Å². The predicted octanol–water partition coefficient (Wildman–Crippen LogP) is 2.82. The van der Waals surface area contributed by atoms with Crippen molar-refractivity contribution in [3.05, 3.63) is 23.4 Å². The Morgan fingerprint density at radius 2 is 2.26 bits per heavy atom. The van der Waals surface area contributed by atoms with Crippen LogP contribution in [-0.4, -0.2) is 21.9 Å². The van der Waals surface area contributed by atoms with Gasteiger partial charge in [-0.15, -0.1) is 21.5 Å². The van der Waals surface area contributed by atoms with Crippen LogP contribution in [0.4, 0.5) is 4.79 Å². The minimum atomic E-state index is -0.527. The van der Waals surface area contributed by atoms with Crippen molar-refractivity contribution < 1.29 is 13.9 Å². The summed E-state index contributed by atoms with van der Waals surface area (Å²) >= 11 is 1.51. The number of amides is 1. The Balaban J connectivity index is 1.89. The highest BCUT2D eigenvalue weighted by Crippen LogP contribution is 2.22. The van der Waals surface area contributed by atoms with E-state index in [-0.39, 0.29) is 6.54 Å². The minimum absolute atomic E-state index is 0.146. The van der Waals surface area contributed by atoms with E-state index in [1.807, 2.05) is 17.5 Å². The fourth-order valence-electron chi connectivity index (χ4n) is 1.29. The van der Waals surface area contributed by atoms with Crippen LogP contribution in [-0.2, 0) is 11.3 Å². The molecule has 0 saturated heterocycles. The molecule has 0 aliphatic carbocycles. The average molecular weight is 281 g/mol. The summed E-state index contributed by atoms with van der Waals surface area (Å²) in [7, 11) is 0. The highest BCUT2D eigenvalue weighted by atomic mass is 32.1. The second kappa shape index (κ2) is 5.40. The van der Waals surface area contributed by atoms with E-state index < -0.39 is 11.7 Å². The molecule has 6 nitrogen and oxygen atoms in total. The molecule has 0 aromatic carbocycles.